The van der Waals surface area contributed by atoms with E-state index in [1.807, 2.05) is 22.9 Å². The zero-order valence-corrected chi connectivity index (χ0v) is 12.7. The molecule has 22 heavy (non-hydrogen) atoms. The van der Waals surface area contributed by atoms with Crippen LogP contribution in [-0.2, 0) is 15.9 Å². The molecule has 1 fully saturated rings. The summed E-state index contributed by atoms with van der Waals surface area (Å²) in [5.74, 6) is -0.340. The van der Waals surface area contributed by atoms with Gasteiger partial charge in [-0.25, -0.2) is 9.48 Å². The van der Waals surface area contributed by atoms with Crippen LogP contribution in [0.4, 0.5) is 0 Å². The third-order valence-electron chi connectivity index (χ3n) is 3.97. The van der Waals surface area contributed by atoms with Crippen LogP contribution in [0.5, 0.6) is 0 Å². The summed E-state index contributed by atoms with van der Waals surface area (Å²) in [6, 6.07) is 5.53. The minimum absolute atomic E-state index is 0.0289. The van der Waals surface area contributed by atoms with Crippen LogP contribution in [-0.4, -0.2) is 29.5 Å². The van der Waals surface area contributed by atoms with Crippen molar-refractivity contribution in [3.05, 3.63) is 42.1 Å². The number of nitrogens with zero attached hydrogens (tertiary/aromatic N) is 2. The van der Waals surface area contributed by atoms with Gasteiger partial charge in [0.05, 0.1) is 23.9 Å². The summed E-state index contributed by atoms with van der Waals surface area (Å²) in [6.45, 7) is 4.55. The summed E-state index contributed by atoms with van der Waals surface area (Å²) in [6.07, 6.45) is 5.65. The fourth-order valence-electron chi connectivity index (χ4n) is 2.87. The third-order valence-corrected chi connectivity index (χ3v) is 3.97. The number of esters is 1. The first-order valence-corrected chi connectivity index (χ1v) is 7.56. The number of hydrogen-bond donors (Lipinski definition) is 0. The van der Waals surface area contributed by atoms with Crippen LogP contribution in [0.2, 0.25) is 0 Å². The van der Waals surface area contributed by atoms with Crippen LogP contribution in [0.3, 0.4) is 0 Å². The molecule has 1 atom stereocenters. The van der Waals surface area contributed by atoms with Gasteiger partial charge in [-0.3, -0.25) is 0 Å². The lowest BCUT2D eigenvalue weighted by atomic mass is 10.1. The van der Waals surface area contributed by atoms with E-state index >= 15 is 0 Å². The number of aromatic nitrogens is 2. The fourth-order valence-corrected chi connectivity index (χ4v) is 2.87. The molecular formula is C17H20N2O3. The van der Waals surface area contributed by atoms with Crippen LogP contribution in [0.1, 0.15) is 41.5 Å². The van der Waals surface area contributed by atoms with Gasteiger partial charge in [0.2, 0.25) is 0 Å². The van der Waals surface area contributed by atoms with E-state index in [-0.39, 0.29) is 12.2 Å². The van der Waals surface area contributed by atoms with E-state index in [2.05, 4.69) is 6.58 Å². The van der Waals surface area contributed by atoms with Gasteiger partial charge in [-0.05, 0) is 37.5 Å². The Bertz CT molecular complexity index is 699. The lowest BCUT2D eigenvalue weighted by molar-refractivity contribution is -0.0368. The maximum Gasteiger partial charge on any atom is 0.337 e. The molecular weight excluding hydrogens is 280 g/mol. The monoisotopic (exact) mass is 300 g/mol. The third kappa shape index (κ3) is 2.64. The van der Waals surface area contributed by atoms with Crippen LogP contribution in [0, 0.1) is 0 Å². The van der Waals surface area contributed by atoms with Crippen molar-refractivity contribution in [3.63, 3.8) is 0 Å². The molecule has 1 saturated heterocycles. The highest BCUT2D eigenvalue weighted by atomic mass is 16.5. The van der Waals surface area contributed by atoms with Crippen LogP contribution in [0.25, 0.3) is 10.9 Å². The molecule has 116 valence electrons. The molecule has 0 radical (unpaired) electrons. The van der Waals surface area contributed by atoms with Crippen molar-refractivity contribution in [3.8, 4) is 0 Å². The molecule has 3 rings (SSSR count). The summed E-state index contributed by atoms with van der Waals surface area (Å²) in [7, 11) is 1.39. The second kappa shape index (κ2) is 6.32. The first-order valence-electron chi connectivity index (χ1n) is 7.56. The summed E-state index contributed by atoms with van der Waals surface area (Å²) >= 11 is 0. The summed E-state index contributed by atoms with van der Waals surface area (Å²) in [4.78, 5) is 11.7. The first-order chi connectivity index (χ1) is 10.7. The van der Waals surface area contributed by atoms with Gasteiger partial charge in [0.15, 0.2) is 6.23 Å². The van der Waals surface area contributed by atoms with E-state index in [1.54, 1.807) is 6.07 Å². The number of allylic oxidation sites excluding steroid dienone is 1. The van der Waals surface area contributed by atoms with Gasteiger partial charge < -0.3 is 9.47 Å². The van der Waals surface area contributed by atoms with Crippen LogP contribution in [0.15, 0.2) is 30.9 Å². The molecule has 1 aromatic carbocycles. The number of hydrogen-bond acceptors (Lipinski definition) is 4. The van der Waals surface area contributed by atoms with Crippen molar-refractivity contribution >= 4 is 16.9 Å². The Morgan fingerprint density at radius 3 is 3.09 bits per heavy atom. The van der Waals surface area contributed by atoms with Crippen molar-refractivity contribution in [2.45, 2.75) is 31.9 Å². The Morgan fingerprint density at radius 2 is 2.41 bits per heavy atom. The number of benzene rings is 1. The lowest BCUT2D eigenvalue weighted by Crippen LogP contribution is -2.19. The largest absolute Gasteiger partial charge is 0.465 e. The minimum atomic E-state index is -0.340. The number of methoxy groups -OCH3 is 1. The Balaban J connectivity index is 2.09. The molecule has 0 spiro atoms. The second-order valence-corrected chi connectivity index (χ2v) is 5.43. The summed E-state index contributed by atoms with van der Waals surface area (Å²) in [5, 5.41) is 5.65. The molecule has 1 unspecified atom stereocenters. The van der Waals surface area contributed by atoms with E-state index in [9.17, 15) is 4.79 Å². The van der Waals surface area contributed by atoms with Crippen molar-refractivity contribution in [1.29, 1.82) is 0 Å². The molecule has 5 nitrogen and oxygen atoms in total. The average Bonchev–Trinajstić information content (AvgIpc) is 2.93. The highest BCUT2D eigenvalue weighted by Gasteiger charge is 2.21. The predicted molar refractivity (Wildman–Crippen MR) is 83.8 cm³/mol. The molecule has 1 aromatic heterocycles. The zero-order valence-electron chi connectivity index (χ0n) is 12.7. The van der Waals surface area contributed by atoms with Crippen LogP contribution >= 0.6 is 0 Å². The van der Waals surface area contributed by atoms with Crippen molar-refractivity contribution in [2.24, 2.45) is 0 Å². The quantitative estimate of drug-likeness (QED) is 0.642. The van der Waals surface area contributed by atoms with Crippen molar-refractivity contribution in [1.82, 2.24) is 9.78 Å². The maximum atomic E-state index is 11.7. The fraction of sp³-hybridized carbons (Fsp3) is 0.412. The van der Waals surface area contributed by atoms with E-state index in [0.29, 0.717) is 12.0 Å². The van der Waals surface area contributed by atoms with Crippen molar-refractivity contribution in [2.75, 3.05) is 13.7 Å². The van der Waals surface area contributed by atoms with Crippen LogP contribution < -0.4 is 0 Å². The molecule has 0 N–H and O–H groups in total. The summed E-state index contributed by atoms with van der Waals surface area (Å²) < 4.78 is 12.6. The lowest BCUT2D eigenvalue weighted by Gasteiger charge is -2.23. The predicted octanol–water partition coefficient (Wildman–Crippen LogP) is 3.25. The second-order valence-electron chi connectivity index (χ2n) is 5.43. The molecule has 1 aliphatic rings. The SMILES string of the molecule is C=CCc1nn(C2CCCCO2)c2ccc(C(=O)OC)cc12. The Morgan fingerprint density at radius 1 is 1.55 bits per heavy atom. The van der Waals surface area contributed by atoms with Gasteiger partial charge in [0.25, 0.3) is 0 Å². The Hall–Kier alpha value is -2.14. The number of carbonyl (C=O) groups is 1. The normalized spacial score (nSPS) is 18.3. The molecule has 0 bridgehead atoms. The molecule has 0 amide bonds. The van der Waals surface area contributed by atoms with Gasteiger partial charge in [-0.1, -0.05) is 6.08 Å². The molecule has 0 aliphatic carbocycles. The minimum Gasteiger partial charge on any atom is -0.465 e. The topological polar surface area (TPSA) is 53.4 Å². The number of carbonyl (C=O) groups excluding carboxylic acids is 1. The van der Waals surface area contributed by atoms with Gasteiger partial charge in [0, 0.05) is 18.4 Å². The maximum absolute atomic E-state index is 11.7. The Kier molecular flexibility index (Phi) is 4.24. The number of fused-ring (bicyclic) bond motifs is 1. The zero-order chi connectivity index (χ0) is 15.5. The number of ether oxygens (including phenoxy) is 2. The van der Waals surface area contributed by atoms with Crippen molar-refractivity contribution < 1.29 is 14.3 Å². The molecule has 1 aliphatic heterocycles. The van der Waals surface area contributed by atoms with E-state index in [1.165, 1.54) is 7.11 Å². The first kappa shape index (κ1) is 14.8. The summed E-state index contributed by atoms with van der Waals surface area (Å²) in [5.41, 5.74) is 2.42. The molecule has 2 aromatic rings. The number of rotatable bonds is 4. The molecule has 0 saturated carbocycles. The highest BCUT2D eigenvalue weighted by Crippen LogP contribution is 2.29. The standard InChI is InChI=1S/C17H20N2O3/c1-3-6-14-13-11-12(17(20)21-2)8-9-15(13)19(18-14)16-7-4-5-10-22-16/h3,8-9,11,16H,1,4-7,10H2,2H3. The van der Waals surface area contributed by atoms with E-state index in [0.717, 1.165) is 42.5 Å². The Labute approximate surface area is 129 Å². The smallest absolute Gasteiger partial charge is 0.337 e. The molecule has 5 heteroatoms. The average molecular weight is 300 g/mol. The van der Waals surface area contributed by atoms with Gasteiger partial charge in [0.1, 0.15) is 0 Å². The van der Waals surface area contributed by atoms with Gasteiger partial charge in [-0.2, -0.15) is 5.10 Å². The van der Waals surface area contributed by atoms with Gasteiger partial charge >= 0.3 is 5.97 Å². The van der Waals surface area contributed by atoms with E-state index in [4.69, 9.17) is 14.6 Å². The molecule has 2 heterocycles. The van der Waals surface area contributed by atoms with E-state index < -0.39 is 0 Å². The highest BCUT2D eigenvalue weighted by molar-refractivity contribution is 5.95. The van der Waals surface area contributed by atoms with Gasteiger partial charge in [-0.15, -0.1) is 6.58 Å².